The molecule has 5 heteroatoms. The lowest BCUT2D eigenvalue weighted by Crippen LogP contribution is -2.31. The first-order chi connectivity index (χ1) is 7.04. The Balaban J connectivity index is 2.34. The summed E-state index contributed by atoms with van der Waals surface area (Å²) in [7, 11) is 3.40. The molecule has 15 heavy (non-hydrogen) atoms. The Bertz CT molecular complexity index is 253. The van der Waals surface area contributed by atoms with Crippen LogP contribution in [0.2, 0.25) is 0 Å². The van der Waals surface area contributed by atoms with Gasteiger partial charge < -0.3 is 14.9 Å². The smallest absolute Gasteiger partial charge is 0.223 e. The van der Waals surface area contributed by atoms with E-state index in [9.17, 15) is 9.59 Å². The Morgan fingerprint density at radius 1 is 1.60 bits per heavy atom. The third kappa shape index (κ3) is 3.20. The van der Waals surface area contributed by atoms with Gasteiger partial charge in [0.1, 0.15) is 0 Å². The molecule has 2 amide bonds. The van der Waals surface area contributed by atoms with Gasteiger partial charge in [-0.3, -0.25) is 9.59 Å². The van der Waals surface area contributed by atoms with Gasteiger partial charge in [0.25, 0.3) is 0 Å². The number of nitrogens with zero attached hydrogens (tertiary/aromatic N) is 2. The van der Waals surface area contributed by atoms with Gasteiger partial charge in [0.05, 0.1) is 0 Å². The van der Waals surface area contributed by atoms with Crippen molar-refractivity contribution in [2.24, 2.45) is 5.92 Å². The lowest BCUT2D eigenvalue weighted by Gasteiger charge is -2.17. The van der Waals surface area contributed by atoms with E-state index in [0.717, 1.165) is 0 Å². The van der Waals surface area contributed by atoms with Crippen molar-refractivity contribution < 1.29 is 14.7 Å². The summed E-state index contributed by atoms with van der Waals surface area (Å²) in [5.41, 5.74) is 0. The predicted octanol–water partition coefficient (Wildman–Crippen LogP) is -0.695. The first-order valence-electron chi connectivity index (χ1n) is 5.13. The van der Waals surface area contributed by atoms with E-state index in [1.165, 1.54) is 4.90 Å². The first-order valence-corrected chi connectivity index (χ1v) is 5.13. The van der Waals surface area contributed by atoms with E-state index in [0.29, 0.717) is 25.9 Å². The molecule has 5 nitrogen and oxygen atoms in total. The van der Waals surface area contributed by atoms with Crippen LogP contribution in [-0.2, 0) is 9.59 Å². The summed E-state index contributed by atoms with van der Waals surface area (Å²) in [6.45, 7) is 1.09. The molecule has 0 aliphatic carbocycles. The van der Waals surface area contributed by atoms with E-state index >= 15 is 0 Å². The van der Waals surface area contributed by atoms with E-state index < -0.39 is 0 Å². The summed E-state index contributed by atoms with van der Waals surface area (Å²) in [5.74, 6) is 0.114. The van der Waals surface area contributed by atoms with Crippen LogP contribution in [-0.4, -0.2) is 60.5 Å². The van der Waals surface area contributed by atoms with Crippen LogP contribution in [0.15, 0.2) is 0 Å². The van der Waals surface area contributed by atoms with Gasteiger partial charge in [-0.2, -0.15) is 0 Å². The number of likely N-dealkylation sites (tertiary alicyclic amines) is 1. The minimum atomic E-state index is 0.0234. The summed E-state index contributed by atoms with van der Waals surface area (Å²) in [6.07, 6.45) is 0.767. The highest BCUT2D eigenvalue weighted by Gasteiger charge is 2.28. The fourth-order valence-corrected chi connectivity index (χ4v) is 1.65. The molecule has 1 unspecified atom stereocenters. The molecule has 0 saturated carbocycles. The van der Waals surface area contributed by atoms with Gasteiger partial charge in [0.2, 0.25) is 11.8 Å². The van der Waals surface area contributed by atoms with Crippen LogP contribution < -0.4 is 0 Å². The van der Waals surface area contributed by atoms with Crippen molar-refractivity contribution in [3.8, 4) is 0 Å². The molecule has 1 atom stereocenters. The predicted molar refractivity (Wildman–Crippen MR) is 55.1 cm³/mol. The van der Waals surface area contributed by atoms with Gasteiger partial charge in [-0.25, -0.2) is 0 Å². The standard InChI is InChI=1S/C10H18N2O3/c1-11(2)9(14)3-4-12-6-8(7-13)5-10(12)15/h8,13H,3-7H2,1-2H3. The molecule has 1 saturated heterocycles. The summed E-state index contributed by atoms with van der Waals surface area (Å²) >= 11 is 0. The zero-order chi connectivity index (χ0) is 11.4. The molecule has 0 spiro atoms. The minimum absolute atomic E-state index is 0.0234. The Morgan fingerprint density at radius 2 is 2.27 bits per heavy atom. The second-order valence-corrected chi connectivity index (χ2v) is 4.13. The molecule has 1 aliphatic rings. The fourth-order valence-electron chi connectivity index (χ4n) is 1.65. The average molecular weight is 214 g/mol. The van der Waals surface area contributed by atoms with E-state index in [4.69, 9.17) is 5.11 Å². The number of aliphatic hydroxyl groups excluding tert-OH is 1. The monoisotopic (exact) mass is 214 g/mol. The number of carbonyl (C=O) groups excluding carboxylic acids is 2. The average Bonchev–Trinajstić information content (AvgIpc) is 2.55. The number of hydrogen-bond donors (Lipinski definition) is 1. The number of amides is 2. The topological polar surface area (TPSA) is 60.9 Å². The number of rotatable bonds is 4. The summed E-state index contributed by atoms with van der Waals surface area (Å²) in [4.78, 5) is 25.9. The van der Waals surface area contributed by atoms with Crippen molar-refractivity contribution in [1.29, 1.82) is 0 Å². The Morgan fingerprint density at radius 3 is 2.73 bits per heavy atom. The van der Waals surface area contributed by atoms with Crippen LogP contribution >= 0.6 is 0 Å². The lowest BCUT2D eigenvalue weighted by atomic mass is 10.1. The zero-order valence-electron chi connectivity index (χ0n) is 9.27. The van der Waals surface area contributed by atoms with Crippen LogP contribution in [0.4, 0.5) is 0 Å². The Labute approximate surface area is 89.7 Å². The number of carbonyl (C=O) groups is 2. The molecule has 1 heterocycles. The van der Waals surface area contributed by atoms with Gasteiger partial charge in [0.15, 0.2) is 0 Å². The highest BCUT2D eigenvalue weighted by molar-refractivity contribution is 5.80. The van der Waals surface area contributed by atoms with Crippen molar-refractivity contribution in [3.05, 3.63) is 0 Å². The van der Waals surface area contributed by atoms with Gasteiger partial charge >= 0.3 is 0 Å². The molecule has 0 radical (unpaired) electrons. The molecule has 1 fully saturated rings. The second kappa shape index (κ2) is 5.11. The minimum Gasteiger partial charge on any atom is -0.396 e. The van der Waals surface area contributed by atoms with Crippen molar-refractivity contribution in [1.82, 2.24) is 9.80 Å². The Hall–Kier alpha value is -1.10. The zero-order valence-corrected chi connectivity index (χ0v) is 9.27. The summed E-state index contributed by atoms with van der Waals surface area (Å²) in [6, 6.07) is 0. The third-order valence-corrected chi connectivity index (χ3v) is 2.65. The first kappa shape index (κ1) is 12.0. The van der Waals surface area contributed by atoms with Crippen molar-refractivity contribution in [2.75, 3.05) is 33.8 Å². The van der Waals surface area contributed by atoms with Crippen LogP contribution in [0.3, 0.4) is 0 Å². The van der Waals surface area contributed by atoms with Gasteiger partial charge in [-0.05, 0) is 0 Å². The normalized spacial score (nSPS) is 20.9. The maximum absolute atomic E-state index is 11.4. The highest BCUT2D eigenvalue weighted by Crippen LogP contribution is 2.17. The summed E-state index contributed by atoms with van der Waals surface area (Å²) < 4.78 is 0. The quantitative estimate of drug-likeness (QED) is 0.673. The molecule has 0 aromatic rings. The molecule has 0 bridgehead atoms. The van der Waals surface area contributed by atoms with Crippen molar-refractivity contribution >= 4 is 11.8 Å². The van der Waals surface area contributed by atoms with E-state index in [1.54, 1.807) is 19.0 Å². The van der Waals surface area contributed by atoms with Crippen LogP contribution in [0.5, 0.6) is 0 Å². The van der Waals surface area contributed by atoms with Gasteiger partial charge in [-0.1, -0.05) is 0 Å². The molecule has 0 aromatic carbocycles. The number of hydrogen-bond acceptors (Lipinski definition) is 3. The maximum atomic E-state index is 11.4. The lowest BCUT2D eigenvalue weighted by molar-refractivity contribution is -0.131. The third-order valence-electron chi connectivity index (χ3n) is 2.65. The van der Waals surface area contributed by atoms with Gasteiger partial charge in [-0.15, -0.1) is 0 Å². The molecule has 1 N–H and O–H groups in total. The number of aliphatic hydroxyl groups is 1. The summed E-state index contributed by atoms with van der Waals surface area (Å²) in [5, 5.41) is 8.91. The Kier molecular flexibility index (Phi) is 4.08. The fraction of sp³-hybridized carbons (Fsp3) is 0.800. The molecular formula is C10H18N2O3. The highest BCUT2D eigenvalue weighted by atomic mass is 16.3. The van der Waals surface area contributed by atoms with Crippen molar-refractivity contribution in [3.63, 3.8) is 0 Å². The van der Waals surface area contributed by atoms with Crippen molar-refractivity contribution in [2.45, 2.75) is 12.8 Å². The largest absolute Gasteiger partial charge is 0.396 e. The maximum Gasteiger partial charge on any atom is 0.223 e. The van der Waals surface area contributed by atoms with E-state index in [1.807, 2.05) is 0 Å². The van der Waals surface area contributed by atoms with E-state index in [-0.39, 0.29) is 24.3 Å². The molecule has 0 aromatic heterocycles. The van der Waals surface area contributed by atoms with Crippen LogP contribution in [0.25, 0.3) is 0 Å². The van der Waals surface area contributed by atoms with Crippen LogP contribution in [0, 0.1) is 5.92 Å². The molecular weight excluding hydrogens is 196 g/mol. The van der Waals surface area contributed by atoms with Crippen LogP contribution in [0.1, 0.15) is 12.8 Å². The second-order valence-electron chi connectivity index (χ2n) is 4.13. The van der Waals surface area contributed by atoms with Gasteiger partial charge in [0, 0.05) is 52.6 Å². The molecule has 1 rings (SSSR count). The van der Waals surface area contributed by atoms with E-state index in [2.05, 4.69) is 0 Å². The molecule has 1 aliphatic heterocycles. The molecule has 86 valence electrons. The SMILES string of the molecule is CN(C)C(=O)CCN1CC(CO)CC1=O.